The Morgan fingerprint density at radius 2 is 2.04 bits per heavy atom. The largest absolute Gasteiger partial charge is 0.303 e. The monoisotopic (exact) mass is 349 g/mol. The fourth-order valence-corrected chi connectivity index (χ4v) is 4.22. The summed E-state index contributed by atoms with van der Waals surface area (Å²) in [6.07, 6.45) is 6.52. The lowest BCUT2D eigenvalue weighted by atomic mass is 9.86. The van der Waals surface area contributed by atoms with Gasteiger partial charge in [-0.3, -0.25) is 0 Å². The number of benzene rings is 2. The van der Waals surface area contributed by atoms with Crippen molar-refractivity contribution in [3.63, 3.8) is 0 Å². The normalized spacial score (nSPS) is 19.7. The number of likely N-dealkylation sites (tertiary alicyclic amines) is 1. The van der Waals surface area contributed by atoms with Gasteiger partial charge in [0.25, 0.3) is 0 Å². The van der Waals surface area contributed by atoms with Crippen LogP contribution in [0.4, 0.5) is 0 Å². The van der Waals surface area contributed by atoms with Crippen LogP contribution in [0, 0.1) is 5.92 Å². The molecule has 0 aliphatic carbocycles. The summed E-state index contributed by atoms with van der Waals surface area (Å²) in [5.74, 6) is 0.510. The Morgan fingerprint density at radius 1 is 1.15 bits per heavy atom. The summed E-state index contributed by atoms with van der Waals surface area (Å²) in [6, 6.07) is 15.4. The van der Waals surface area contributed by atoms with E-state index < -0.39 is 0 Å². The molecule has 0 amide bonds. The Morgan fingerprint density at radius 3 is 2.85 bits per heavy atom. The second-order valence-corrected chi connectivity index (χ2v) is 7.36. The molecule has 2 aromatic carbocycles. The first kappa shape index (κ1) is 17.2. The molecule has 136 valence electrons. The number of hydrogen-bond acceptors (Lipinski definition) is 4. The van der Waals surface area contributed by atoms with E-state index in [1.165, 1.54) is 55.1 Å². The van der Waals surface area contributed by atoms with Gasteiger partial charge in [-0.15, -0.1) is 10.2 Å². The molecule has 1 saturated heterocycles. The number of aromatic nitrogens is 4. The van der Waals surface area contributed by atoms with E-state index in [0.717, 1.165) is 6.54 Å². The van der Waals surface area contributed by atoms with Crippen LogP contribution < -0.4 is 0 Å². The average Bonchev–Trinajstić information content (AvgIpc) is 3.21. The lowest BCUT2D eigenvalue weighted by Crippen LogP contribution is -2.40. The molecule has 0 radical (unpaired) electrons. The molecule has 2 atom stereocenters. The SMILES string of the molecule is CCCCN1CCCC(C(c2ccc3ccccc3c2)n2ncnn2)C1. The Hall–Kier alpha value is -2.27. The van der Waals surface area contributed by atoms with E-state index in [1.54, 1.807) is 6.33 Å². The molecule has 4 rings (SSSR count). The number of piperidine rings is 1. The average molecular weight is 349 g/mol. The number of unbranched alkanes of at least 4 members (excludes halogenated alkanes) is 1. The van der Waals surface area contributed by atoms with E-state index in [1.807, 2.05) is 4.80 Å². The number of nitrogens with zero attached hydrogens (tertiary/aromatic N) is 5. The molecule has 1 aliphatic heterocycles. The highest BCUT2D eigenvalue weighted by Gasteiger charge is 2.31. The lowest BCUT2D eigenvalue weighted by Gasteiger charge is -2.36. The summed E-state index contributed by atoms with van der Waals surface area (Å²) in [6.45, 7) is 5.78. The van der Waals surface area contributed by atoms with Crippen LogP contribution in [-0.4, -0.2) is 44.7 Å². The van der Waals surface area contributed by atoms with Crippen molar-refractivity contribution in [1.82, 2.24) is 25.1 Å². The van der Waals surface area contributed by atoms with Gasteiger partial charge in [0.2, 0.25) is 0 Å². The van der Waals surface area contributed by atoms with Gasteiger partial charge in [-0.05, 0) is 60.0 Å². The highest BCUT2D eigenvalue weighted by Crippen LogP contribution is 2.33. The predicted octanol–water partition coefficient (Wildman–Crippen LogP) is 3.93. The van der Waals surface area contributed by atoms with E-state index >= 15 is 0 Å². The highest BCUT2D eigenvalue weighted by molar-refractivity contribution is 5.83. The van der Waals surface area contributed by atoms with Crippen LogP contribution in [0.1, 0.15) is 44.2 Å². The first-order chi connectivity index (χ1) is 12.8. The van der Waals surface area contributed by atoms with E-state index in [-0.39, 0.29) is 6.04 Å². The van der Waals surface area contributed by atoms with Crippen molar-refractivity contribution in [1.29, 1.82) is 0 Å². The molecule has 1 aromatic heterocycles. The van der Waals surface area contributed by atoms with Crippen molar-refractivity contribution >= 4 is 10.8 Å². The fraction of sp³-hybridized carbons (Fsp3) is 0.476. The number of fused-ring (bicyclic) bond motifs is 1. The van der Waals surface area contributed by atoms with E-state index in [9.17, 15) is 0 Å². The quantitative estimate of drug-likeness (QED) is 0.676. The molecule has 2 unspecified atom stereocenters. The summed E-state index contributed by atoms with van der Waals surface area (Å²) in [5.41, 5.74) is 1.28. The molecule has 0 saturated carbocycles. The zero-order valence-corrected chi connectivity index (χ0v) is 15.5. The third-order valence-corrected chi connectivity index (χ3v) is 5.55. The first-order valence-corrected chi connectivity index (χ1v) is 9.78. The second kappa shape index (κ2) is 7.96. The first-order valence-electron chi connectivity index (χ1n) is 9.78. The molecule has 1 fully saturated rings. The lowest BCUT2D eigenvalue weighted by molar-refractivity contribution is 0.137. The molecule has 0 bridgehead atoms. The molecule has 5 nitrogen and oxygen atoms in total. The van der Waals surface area contributed by atoms with Crippen molar-refractivity contribution in [3.8, 4) is 0 Å². The van der Waals surface area contributed by atoms with Crippen LogP contribution in [0.25, 0.3) is 10.8 Å². The number of tetrazole rings is 1. The molecule has 26 heavy (non-hydrogen) atoms. The second-order valence-electron chi connectivity index (χ2n) is 7.36. The zero-order valence-electron chi connectivity index (χ0n) is 15.5. The maximum Gasteiger partial charge on any atom is 0.162 e. The minimum Gasteiger partial charge on any atom is -0.303 e. The molecule has 0 spiro atoms. The molecular weight excluding hydrogens is 322 g/mol. The topological polar surface area (TPSA) is 46.8 Å². The minimum absolute atomic E-state index is 0.145. The van der Waals surface area contributed by atoms with Crippen molar-refractivity contribution in [2.24, 2.45) is 5.92 Å². The van der Waals surface area contributed by atoms with Crippen LogP contribution in [0.15, 0.2) is 48.8 Å². The Kier molecular flexibility index (Phi) is 5.25. The van der Waals surface area contributed by atoms with Gasteiger partial charge in [0, 0.05) is 12.5 Å². The Balaban J connectivity index is 1.66. The summed E-state index contributed by atoms with van der Waals surface area (Å²) >= 11 is 0. The van der Waals surface area contributed by atoms with Crippen LogP contribution in [0.2, 0.25) is 0 Å². The minimum atomic E-state index is 0.145. The maximum absolute atomic E-state index is 4.41. The van der Waals surface area contributed by atoms with Gasteiger partial charge in [0.05, 0.1) is 0 Å². The van der Waals surface area contributed by atoms with E-state index in [0.29, 0.717) is 5.92 Å². The Labute approximate surface area is 155 Å². The fourth-order valence-electron chi connectivity index (χ4n) is 4.22. The van der Waals surface area contributed by atoms with Gasteiger partial charge in [-0.1, -0.05) is 49.7 Å². The standard InChI is InChI=1S/C21H27N5/c1-2-3-12-25-13-6-9-20(15-25)21(26-23-16-22-24-26)19-11-10-17-7-4-5-8-18(17)14-19/h4-5,7-8,10-11,14,16,20-21H,2-3,6,9,12-13,15H2,1H3. The van der Waals surface area contributed by atoms with Gasteiger partial charge < -0.3 is 4.90 Å². The van der Waals surface area contributed by atoms with E-state index in [4.69, 9.17) is 0 Å². The van der Waals surface area contributed by atoms with Crippen LogP contribution in [0.3, 0.4) is 0 Å². The van der Waals surface area contributed by atoms with Gasteiger partial charge in [0.1, 0.15) is 6.04 Å². The van der Waals surface area contributed by atoms with Crippen molar-refractivity contribution in [2.75, 3.05) is 19.6 Å². The molecule has 0 N–H and O–H groups in total. The molecule has 3 aromatic rings. The number of rotatable bonds is 6. The molecule has 2 heterocycles. The third-order valence-electron chi connectivity index (χ3n) is 5.55. The van der Waals surface area contributed by atoms with Gasteiger partial charge in [-0.25, -0.2) is 0 Å². The summed E-state index contributed by atoms with van der Waals surface area (Å²) < 4.78 is 0. The van der Waals surface area contributed by atoms with Crippen LogP contribution in [0.5, 0.6) is 0 Å². The maximum atomic E-state index is 4.41. The van der Waals surface area contributed by atoms with Crippen molar-refractivity contribution < 1.29 is 0 Å². The van der Waals surface area contributed by atoms with Crippen LogP contribution >= 0.6 is 0 Å². The highest BCUT2D eigenvalue weighted by atomic mass is 15.6. The Bertz CT molecular complexity index is 829. The molecule has 5 heteroatoms. The predicted molar refractivity (Wildman–Crippen MR) is 104 cm³/mol. The third kappa shape index (κ3) is 3.63. The molecular formula is C21H27N5. The van der Waals surface area contributed by atoms with Gasteiger partial charge in [-0.2, -0.15) is 4.80 Å². The zero-order chi connectivity index (χ0) is 17.8. The smallest absolute Gasteiger partial charge is 0.162 e. The van der Waals surface area contributed by atoms with Gasteiger partial charge >= 0.3 is 0 Å². The van der Waals surface area contributed by atoms with Crippen LogP contribution in [-0.2, 0) is 0 Å². The van der Waals surface area contributed by atoms with E-state index in [2.05, 4.69) is 69.7 Å². The number of hydrogen-bond donors (Lipinski definition) is 0. The van der Waals surface area contributed by atoms with Crippen molar-refractivity contribution in [2.45, 2.75) is 38.6 Å². The summed E-state index contributed by atoms with van der Waals surface area (Å²) in [5, 5.41) is 15.2. The summed E-state index contributed by atoms with van der Waals surface area (Å²) in [4.78, 5) is 4.43. The summed E-state index contributed by atoms with van der Waals surface area (Å²) in [7, 11) is 0. The molecule has 1 aliphatic rings. The van der Waals surface area contributed by atoms with Crippen molar-refractivity contribution in [3.05, 3.63) is 54.4 Å². The van der Waals surface area contributed by atoms with Gasteiger partial charge in [0.15, 0.2) is 6.33 Å².